The molecule has 1 aliphatic rings. The third-order valence-electron chi connectivity index (χ3n) is 3.13. The Hall–Kier alpha value is -1.53. The number of ether oxygens (including phenoxy) is 1. The van der Waals surface area contributed by atoms with Crippen molar-refractivity contribution in [2.45, 2.75) is 19.5 Å². The summed E-state index contributed by atoms with van der Waals surface area (Å²) in [6.45, 7) is 4.30. The summed E-state index contributed by atoms with van der Waals surface area (Å²) in [6.07, 6.45) is 0. The summed E-state index contributed by atoms with van der Waals surface area (Å²) in [5, 5.41) is 10.7. The SMILES string of the molecule is CC1COCCN1Cc1cccc([N+](=O)[O-])c1F. The highest BCUT2D eigenvalue weighted by Gasteiger charge is 2.23. The molecule has 1 heterocycles. The molecule has 1 fully saturated rings. The van der Waals surface area contributed by atoms with E-state index in [1.807, 2.05) is 6.92 Å². The van der Waals surface area contributed by atoms with Gasteiger partial charge in [-0.15, -0.1) is 0 Å². The maximum absolute atomic E-state index is 13.9. The molecular weight excluding hydrogens is 239 g/mol. The van der Waals surface area contributed by atoms with Crippen molar-refractivity contribution in [1.29, 1.82) is 0 Å². The van der Waals surface area contributed by atoms with Crippen LogP contribution in [0.1, 0.15) is 12.5 Å². The van der Waals surface area contributed by atoms with E-state index in [1.54, 1.807) is 6.07 Å². The molecule has 0 aromatic heterocycles. The van der Waals surface area contributed by atoms with Gasteiger partial charge < -0.3 is 4.74 Å². The van der Waals surface area contributed by atoms with Crippen LogP contribution in [0.3, 0.4) is 0 Å². The van der Waals surface area contributed by atoms with Crippen LogP contribution in [-0.2, 0) is 11.3 Å². The molecule has 1 aliphatic heterocycles. The van der Waals surface area contributed by atoms with E-state index in [1.165, 1.54) is 12.1 Å². The molecule has 2 rings (SSSR count). The Balaban J connectivity index is 2.18. The lowest BCUT2D eigenvalue weighted by Gasteiger charge is -2.33. The van der Waals surface area contributed by atoms with Crippen LogP contribution in [0.15, 0.2) is 18.2 Å². The molecule has 0 N–H and O–H groups in total. The van der Waals surface area contributed by atoms with Crippen molar-refractivity contribution < 1.29 is 14.1 Å². The molecule has 1 unspecified atom stereocenters. The number of morpholine rings is 1. The molecule has 0 spiro atoms. The van der Waals surface area contributed by atoms with Crippen LogP contribution < -0.4 is 0 Å². The first-order chi connectivity index (χ1) is 8.59. The first kappa shape index (κ1) is 12.9. The minimum absolute atomic E-state index is 0.192. The Kier molecular flexibility index (Phi) is 3.88. The van der Waals surface area contributed by atoms with E-state index in [2.05, 4.69) is 4.90 Å². The second-order valence-electron chi connectivity index (χ2n) is 4.40. The largest absolute Gasteiger partial charge is 0.379 e. The van der Waals surface area contributed by atoms with Gasteiger partial charge in [0.05, 0.1) is 18.1 Å². The van der Waals surface area contributed by atoms with Crippen molar-refractivity contribution in [3.8, 4) is 0 Å². The molecule has 18 heavy (non-hydrogen) atoms. The van der Waals surface area contributed by atoms with E-state index < -0.39 is 16.4 Å². The zero-order valence-electron chi connectivity index (χ0n) is 10.1. The van der Waals surface area contributed by atoms with Gasteiger partial charge in [0.15, 0.2) is 0 Å². The predicted molar refractivity (Wildman–Crippen MR) is 63.7 cm³/mol. The van der Waals surface area contributed by atoms with Crippen molar-refractivity contribution in [2.75, 3.05) is 19.8 Å². The first-order valence-corrected chi connectivity index (χ1v) is 5.83. The lowest BCUT2D eigenvalue weighted by atomic mass is 10.1. The van der Waals surface area contributed by atoms with Gasteiger partial charge in [-0.3, -0.25) is 15.0 Å². The second kappa shape index (κ2) is 5.41. The van der Waals surface area contributed by atoms with Crippen molar-refractivity contribution in [1.82, 2.24) is 4.90 Å². The summed E-state index contributed by atoms with van der Waals surface area (Å²) in [5.74, 6) is -0.735. The van der Waals surface area contributed by atoms with Crippen LogP contribution in [0, 0.1) is 15.9 Å². The van der Waals surface area contributed by atoms with Crippen LogP contribution in [-0.4, -0.2) is 35.6 Å². The fourth-order valence-corrected chi connectivity index (χ4v) is 2.04. The maximum atomic E-state index is 13.9. The molecule has 0 saturated carbocycles. The minimum Gasteiger partial charge on any atom is -0.379 e. The van der Waals surface area contributed by atoms with Gasteiger partial charge in [0, 0.05) is 30.8 Å². The minimum atomic E-state index is -0.735. The fraction of sp³-hybridized carbons (Fsp3) is 0.500. The van der Waals surface area contributed by atoms with Crippen molar-refractivity contribution >= 4 is 5.69 Å². The van der Waals surface area contributed by atoms with Crippen molar-refractivity contribution in [3.05, 3.63) is 39.7 Å². The monoisotopic (exact) mass is 254 g/mol. The Labute approximate surface area is 104 Å². The quantitative estimate of drug-likeness (QED) is 0.611. The summed E-state index contributed by atoms with van der Waals surface area (Å²) in [6, 6.07) is 4.48. The lowest BCUT2D eigenvalue weighted by Crippen LogP contribution is -2.43. The van der Waals surface area contributed by atoms with Gasteiger partial charge in [0.1, 0.15) is 0 Å². The Morgan fingerprint density at radius 2 is 2.39 bits per heavy atom. The first-order valence-electron chi connectivity index (χ1n) is 5.83. The maximum Gasteiger partial charge on any atom is 0.305 e. The fourth-order valence-electron chi connectivity index (χ4n) is 2.04. The highest BCUT2D eigenvalue weighted by molar-refractivity contribution is 5.36. The van der Waals surface area contributed by atoms with E-state index in [-0.39, 0.29) is 6.04 Å². The zero-order chi connectivity index (χ0) is 13.1. The molecule has 0 aliphatic carbocycles. The molecule has 1 aromatic rings. The van der Waals surface area contributed by atoms with Crippen LogP contribution >= 0.6 is 0 Å². The average molecular weight is 254 g/mol. The number of nitrogens with zero attached hydrogens (tertiary/aromatic N) is 2. The van der Waals surface area contributed by atoms with Crippen LogP contribution in [0.25, 0.3) is 0 Å². The number of nitro benzene ring substituents is 1. The van der Waals surface area contributed by atoms with Gasteiger partial charge in [0.25, 0.3) is 0 Å². The van der Waals surface area contributed by atoms with Crippen molar-refractivity contribution in [2.24, 2.45) is 0 Å². The van der Waals surface area contributed by atoms with Gasteiger partial charge in [-0.1, -0.05) is 12.1 Å². The van der Waals surface area contributed by atoms with Crippen LogP contribution in [0.4, 0.5) is 10.1 Å². The summed E-state index contributed by atoms with van der Waals surface area (Å²) in [4.78, 5) is 12.0. The Bertz CT molecular complexity index is 453. The molecule has 6 heteroatoms. The second-order valence-corrected chi connectivity index (χ2v) is 4.40. The van der Waals surface area contributed by atoms with E-state index in [9.17, 15) is 14.5 Å². The normalized spacial score (nSPS) is 20.9. The molecule has 1 aromatic carbocycles. The third kappa shape index (κ3) is 2.65. The van der Waals surface area contributed by atoms with E-state index in [4.69, 9.17) is 4.74 Å². The summed E-state index contributed by atoms with van der Waals surface area (Å²) < 4.78 is 19.2. The molecule has 0 bridgehead atoms. The standard InChI is InChI=1S/C12H15FN2O3/c1-9-8-18-6-5-14(9)7-10-3-2-4-11(12(10)13)15(16)17/h2-4,9H,5-8H2,1H3. The van der Waals surface area contributed by atoms with Crippen molar-refractivity contribution in [3.63, 3.8) is 0 Å². The summed E-state index contributed by atoms with van der Waals surface area (Å²) >= 11 is 0. The zero-order valence-corrected chi connectivity index (χ0v) is 10.1. The summed E-state index contributed by atoms with van der Waals surface area (Å²) in [5.41, 5.74) is -0.105. The van der Waals surface area contributed by atoms with E-state index in [0.717, 1.165) is 0 Å². The number of hydrogen-bond acceptors (Lipinski definition) is 4. The molecular formula is C12H15FN2O3. The number of rotatable bonds is 3. The van der Waals surface area contributed by atoms with Gasteiger partial charge in [-0.05, 0) is 6.92 Å². The molecule has 5 nitrogen and oxygen atoms in total. The number of nitro groups is 1. The molecule has 0 radical (unpaired) electrons. The highest BCUT2D eigenvalue weighted by atomic mass is 19.1. The Morgan fingerprint density at radius 1 is 1.61 bits per heavy atom. The van der Waals surface area contributed by atoms with Crippen LogP contribution in [0.2, 0.25) is 0 Å². The topological polar surface area (TPSA) is 55.6 Å². The lowest BCUT2D eigenvalue weighted by molar-refractivity contribution is -0.387. The summed E-state index contributed by atoms with van der Waals surface area (Å²) in [7, 11) is 0. The van der Waals surface area contributed by atoms with Gasteiger partial charge in [0.2, 0.25) is 5.82 Å². The number of halogens is 1. The molecule has 1 saturated heterocycles. The molecule has 1 atom stereocenters. The van der Waals surface area contributed by atoms with E-state index in [0.29, 0.717) is 31.9 Å². The van der Waals surface area contributed by atoms with Crippen LogP contribution in [0.5, 0.6) is 0 Å². The van der Waals surface area contributed by atoms with Gasteiger partial charge in [-0.25, -0.2) is 0 Å². The average Bonchev–Trinajstić information content (AvgIpc) is 2.34. The predicted octanol–water partition coefficient (Wildman–Crippen LogP) is 1.95. The van der Waals surface area contributed by atoms with Gasteiger partial charge >= 0.3 is 5.69 Å². The number of hydrogen-bond donors (Lipinski definition) is 0. The number of benzene rings is 1. The molecule has 98 valence electrons. The van der Waals surface area contributed by atoms with E-state index >= 15 is 0 Å². The Morgan fingerprint density at radius 3 is 3.06 bits per heavy atom. The van der Waals surface area contributed by atoms with Gasteiger partial charge in [-0.2, -0.15) is 4.39 Å². The highest BCUT2D eigenvalue weighted by Crippen LogP contribution is 2.22. The third-order valence-corrected chi connectivity index (χ3v) is 3.13. The molecule has 0 amide bonds. The smallest absolute Gasteiger partial charge is 0.305 e.